The number of hydrogen-bond acceptors (Lipinski definition) is 6. The molecule has 0 saturated carbocycles. The van der Waals surface area contributed by atoms with Crippen LogP contribution in [0, 0.1) is 0 Å². The van der Waals surface area contributed by atoms with Crippen LogP contribution in [0.1, 0.15) is 0 Å². The maximum absolute atomic E-state index is 12.2. The minimum Gasteiger partial charge on any atom is -0.478 e. The number of nitrogens with one attached hydrogen (secondary N) is 1. The van der Waals surface area contributed by atoms with Crippen molar-refractivity contribution < 1.29 is 14.7 Å². The molecule has 3 aromatic rings. The molecule has 0 atom stereocenters. The number of carboxylic acids is 1. The highest BCUT2D eigenvalue weighted by Gasteiger charge is 2.13. The Morgan fingerprint density at radius 1 is 1.08 bits per heavy atom. The summed E-state index contributed by atoms with van der Waals surface area (Å²) in [7, 11) is 2.84. The maximum Gasteiger partial charge on any atom is 0.332 e. The van der Waals surface area contributed by atoms with Gasteiger partial charge in [-0.25, -0.2) is 19.6 Å². The number of aliphatic carboxylic acids is 1. The summed E-state index contributed by atoms with van der Waals surface area (Å²) in [4.78, 5) is 54.9. The first-order valence-electron chi connectivity index (χ1n) is 7.37. The third-order valence-electron chi connectivity index (χ3n) is 3.69. The van der Waals surface area contributed by atoms with Gasteiger partial charge in [0.25, 0.3) is 5.56 Å². The number of aromatic nitrogens is 4. The van der Waals surface area contributed by atoms with Gasteiger partial charge in [-0.15, -0.1) is 0 Å². The minimum absolute atomic E-state index is 0.0586. The van der Waals surface area contributed by atoms with E-state index in [0.29, 0.717) is 16.7 Å². The first-order chi connectivity index (χ1) is 12.3. The van der Waals surface area contributed by atoms with Gasteiger partial charge in [-0.2, -0.15) is 0 Å². The number of carbonyl (C=O) groups is 2. The lowest BCUT2D eigenvalue weighted by Gasteiger charge is -2.08. The van der Waals surface area contributed by atoms with E-state index in [1.54, 1.807) is 12.1 Å². The third kappa shape index (κ3) is 2.95. The van der Waals surface area contributed by atoms with Crippen LogP contribution in [0.15, 0.2) is 39.9 Å². The van der Waals surface area contributed by atoms with E-state index in [9.17, 15) is 19.2 Å². The monoisotopic (exact) mass is 355 g/mol. The predicted molar refractivity (Wildman–Crippen MR) is 92.9 cm³/mol. The molecule has 0 aliphatic heterocycles. The first-order valence-corrected chi connectivity index (χ1v) is 7.37. The molecule has 0 radical (unpaired) electrons. The standard InChI is InChI=1S/C16H13N5O5/c1-20-14-13(15(25)21(2)16(20)26)18-9-4-3-8(7-10(9)19-14)17-11(22)5-6-12(23)24/h3-7H,1-2H3,(H,17,22)(H,23,24)/b6-5-. The number of anilines is 1. The zero-order chi connectivity index (χ0) is 19.0. The third-order valence-corrected chi connectivity index (χ3v) is 3.69. The molecule has 0 spiro atoms. The van der Waals surface area contributed by atoms with Gasteiger partial charge >= 0.3 is 11.7 Å². The molecule has 0 aliphatic rings. The van der Waals surface area contributed by atoms with Gasteiger partial charge in [-0.1, -0.05) is 0 Å². The lowest BCUT2D eigenvalue weighted by Crippen LogP contribution is -2.37. The van der Waals surface area contributed by atoms with Crippen LogP contribution >= 0.6 is 0 Å². The van der Waals surface area contributed by atoms with Gasteiger partial charge in [0.1, 0.15) is 0 Å². The molecule has 132 valence electrons. The molecule has 2 aromatic heterocycles. The number of amides is 1. The molecule has 26 heavy (non-hydrogen) atoms. The molecule has 10 nitrogen and oxygen atoms in total. The van der Waals surface area contributed by atoms with E-state index < -0.39 is 23.1 Å². The number of hydrogen-bond donors (Lipinski definition) is 2. The van der Waals surface area contributed by atoms with Crippen molar-refractivity contribution >= 4 is 39.8 Å². The fourth-order valence-corrected chi connectivity index (χ4v) is 2.39. The van der Waals surface area contributed by atoms with Crippen LogP contribution in [0.2, 0.25) is 0 Å². The van der Waals surface area contributed by atoms with Gasteiger partial charge in [0.2, 0.25) is 5.91 Å². The maximum atomic E-state index is 12.2. The Bertz CT molecular complexity index is 1220. The van der Waals surface area contributed by atoms with Crippen molar-refractivity contribution in [1.29, 1.82) is 0 Å². The first kappa shape index (κ1) is 17.0. The Labute approximate surface area is 145 Å². The number of aryl methyl sites for hydroxylation is 1. The topological polar surface area (TPSA) is 136 Å². The van der Waals surface area contributed by atoms with Crippen molar-refractivity contribution in [2.24, 2.45) is 14.1 Å². The molecule has 0 aliphatic carbocycles. The number of nitrogens with zero attached hydrogens (tertiary/aromatic N) is 4. The Balaban J connectivity index is 2.12. The van der Waals surface area contributed by atoms with Gasteiger partial charge in [-0.05, 0) is 18.2 Å². The van der Waals surface area contributed by atoms with Gasteiger partial charge < -0.3 is 10.4 Å². The highest BCUT2D eigenvalue weighted by Crippen LogP contribution is 2.18. The molecule has 0 unspecified atom stereocenters. The average Bonchev–Trinajstić information content (AvgIpc) is 2.61. The van der Waals surface area contributed by atoms with Gasteiger partial charge in [-0.3, -0.25) is 18.7 Å². The number of fused-ring (bicyclic) bond motifs is 2. The lowest BCUT2D eigenvalue weighted by atomic mass is 10.2. The van der Waals surface area contributed by atoms with Crippen molar-refractivity contribution in [2.45, 2.75) is 0 Å². The van der Waals surface area contributed by atoms with Crippen LogP contribution in [0.4, 0.5) is 5.69 Å². The molecule has 0 bridgehead atoms. The molecule has 2 N–H and O–H groups in total. The smallest absolute Gasteiger partial charge is 0.332 e. The summed E-state index contributed by atoms with van der Waals surface area (Å²) in [6.45, 7) is 0. The summed E-state index contributed by atoms with van der Waals surface area (Å²) in [5, 5.41) is 11.0. The Morgan fingerprint density at radius 2 is 1.81 bits per heavy atom. The second kappa shape index (κ2) is 6.24. The molecule has 0 saturated heterocycles. The number of benzene rings is 1. The zero-order valence-electron chi connectivity index (χ0n) is 13.8. The zero-order valence-corrected chi connectivity index (χ0v) is 13.8. The van der Waals surface area contributed by atoms with E-state index >= 15 is 0 Å². The Morgan fingerprint density at radius 3 is 2.50 bits per heavy atom. The summed E-state index contributed by atoms with van der Waals surface area (Å²) in [5.41, 5.74) is 0.240. The molecule has 3 rings (SSSR count). The van der Waals surface area contributed by atoms with E-state index in [-0.39, 0.29) is 11.2 Å². The molecular weight excluding hydrogens is 342 g/mol. The highest BCUT2D eigenvalue weighted by molar-refractivity contribution is 6.03. The van der Waals surface area contributed by atoms with E-state index in [1.165, 1.54) is 24.7 Å². The van der Waals surface area contributed by atoms with E-state index in [1.807, 2.05) is 0 Å². The average molecular weight is 355 g/mol. The minimum atomic E-state index is -1.24. The fraction of sp³-hybridized carbons (Fsp3) is 0.125. The Hall–Kier alpha value is -3.82. The van der Waals surface area contributed by atoms with E-state index in [2.05, 4.69) is 15.3 Å². The SMILES string of the molecule is Cn1c(=O)c2nc3ccc(NC(=O)/C=C\C(=O)O)cc3nc2n(C)c1=O. The summed E-state index contributed by atoms with van der Waals surface area (Å²) in [6.07, 6.45) is 1.60. The van der Waals surface area contributed by atoms with Crippen LogP contribution in [0.25, 0.3) is 22.2 Å². The molecule has 10 heteroatoms. The fourth-order valence-electron chi connectivity index (χ4n) is 2.39. The summed E-state index contributed by atoms with van der Waals surface area (Å²) >= 11 is 0. The number of rotatable bonds is 3. The van der Waals surface area contributed by atoms with Crippen LogP contribution in [-0.4, -0.2) is 36.1 Å². The van der Waals surface area contributed by atoms with Crippen molar-refractivity contribution in [3.05, 3.63) is 51.2 Å². The van der Waals surface area contributed by atoms with E-state index in [0.717, 1.165) is 16.7 Å². The van der Waals surface area contributed by atoms with E-state index in [4.69, 9.17) is 5.11 Å². The Kier molecular flexibility index (Phi) is 4.08. The van der Waals surface area contributed by atoms with Gasteiger partial charge in [0, 0.05) is 31.9 Å². The quantitative estimate of drug-likeness (QED) is 0.489. The van der Waals surface area contributed by atoms with Crippen LogP contribution in [-0.2, 0) is 23.7 Å². The summed E-state index contributed by atoms with van der Waals surface area (Å²) < 4.78 is 2.16. The molecule has 1 aromatic carbocycles. The molecule has 0 fully saturated rings. The number of carboxylic acid groups (broad SMARTS) is 1. The summed E-state index contributed by atoms with van der Waals surface area (Å²) in [5.74, 6) is -1.86. The second-order valence-electron chi connectivity index (χ2n) is 5.47. The van der Waals surface area contributed by atoms with Crippen molar-refractivity contribution in [3.63, 3.8) is 0 Å². The van der Waals surface area contributed by atoms with Crippen molar-refractivity contribution in [1.82, 2.24) is 19.1 Å². The highest BCUT2D eigenvalue weighted by atomic mass is 16.4. The van der Waals surface area contributed by atoms with Crippen LogP contribution in [0.3, 0.4) is 0 Å². The van der Waals surface area contributed by atoms with Gasteiger partial charge in [0.15, 0.2) is 11.2 Å². The number of carbonyl (C=O) groups excluding carboxylic acids is 1. The molecule has 2 heterocycles. The van der Waals surface area contributed by atoms with Gasteiger partial charge in [0.05, 0.1) is 11.0 Å². The normalized spacial score (nSPS) is 11.3. The lowest BCUT2D eigenvalue weighted by molar-refractivity contribution is -0.131. The largest absolute Gasteiger partial charge is 0.478 e. The van der Waals surface area contributed by atoms with Crippen molar-refractivity contribution in [3.8, 4) is 0 Å². The van der Waals surface area contributed by atoms with Crippen molar-refractivity contribution in [2.75, 3.05) is 5.32 Å². The summed E-state index contributed by atoms with van der Waals surface area (Å²) in [6, 6.07) is 4.61. The molecular formula is C16H13N5O5. The second-order valence-corrected chi connectivity index (χ2v) is 5.47. The van der Waals surface area contributed by atoms with Crippen LogP contribution < -0.4 is 16.6 Å². The predicted octanol–water partition coefficient (Wildman–Crippen LogP) is -0.240. The molecule has 1 amide bonds. The van der Waals surface area contributed by atoms with Crippen LogP contribution in [0.5, 0.6) is 0 Å².